The fourth-order valence-electron chi connectivity index (χ4n) is 2.17. The molecule has 0 radical (unpaired) electrons. The number of rotatable bonds is 1. The SMILES string of the molecule is C1CNCCN1.Nc1c(O)cc(S(=O)(=O)O)c2ccccc12. The predicted molar refractivity (Wildman–Crippen MR) is 85.6 cm³/mol. The van der Waals surface area contributed by atoms with E-state index in [1.54, 1.807) is 18.2 Å². The van der Waals surface area contributed by atoms with Gasteiger partial charge in [0.25, 0.3) is 10.1 Å². The minimum Gasteiger partial charge on any atom is -0.506 e. The highest BCUT2D eigenvalue weighted by Crippen LogP contribution is 2.34. The molecular formula is C14H19N3O4S. The van der Waals surface area contributed by atoms with Gasteiger partial charge in [0.15, 0.2) is 0 Å². The van der Waals surface area contributed by atoms with Gasteiger partial charge in [-0.25, -0.2) is 0 Å². The number of piperazine rings is 1. The van der Waals surface area contributed by atoms with E-state index in [0.29, 0.717) is 5.39 Å². The first-order chi connectivity index (χ1) is 10.4. The maximum absolute atomic E-state index is 11.1. The van der Waals surface area contributed by atoms with Crippen molar-refractivity contribution in [1.82, 2.24) is 10.6 Å². The molecule has 22 heavy (non-hydrogen) atoms. The first-order valence-electron chi connectivity index (χ1n) is 6.80. The van der Waals surface area contributed by atoms with Crippen LogP contribution in [0.25, 0.3) is 10.8 Å². The molecule has 0 amide bonds. The van der Waals surface area contributed by atoms with Crippen LogP contribution in [0.4, 0.5) is 5.69 Å². The summed E-state index contributed by atoms with van der Waals surface area (Å²) in [5, 5.41) is 16.6. The average molecular weight is 325 g/mol. The molecule has 0 aliphatic carbocycles. The number of nitrogens with one attached hydrogen (secondary N) is 2. The topological polar surface area (TPSA) is 125 Å². The molecule has 2 aromatic carbocycles. The lowest BCUT2D eigenvalue weighted by molar-refractivity contribution is 0.469. The summed E-state index contributed by atoms with van der Waals surface area (Å²) in [5.41, 5.74) is 5.69. The van der Waals surface area contributed by atoms with Crippen LogP contribution in [0.1, 0.15) is 0 Å². The lowest BCUT2D eigenvalue weighted by Crippen LogP contribution is -2.39. The smallest absolute Gasteiger partial charge is 0.295 e. The van der Waals surface area contributed by atoms with Crippen LogP contribution < -0.4 is 16.4 Å². The number of hydrogen-bond donors (Lipinski definition) is 5. The van der Waals surface area contributed by atoms with Crippen LogP contribution in [0.3, 0.4) is 0 Å². The lowest BCUT2D eigenvalue weighted by atomic mass is 10.1. The van der Waals surface area contributed by atoms with Gasteiger partial charge in [-0.05, 0) is 0 Å². The van der Waals surface area contributed by atoms with Crippen molar-refractivity contribution in [2.75, 3.05) is 31.9 Å². The Morgan fingerprint density at radius 2 is 1.50 bits per heavy atom. The van der Waals surface area contributed by atoms with Gasteiger partial charge in [-0.2, -0.15) is 8.42 Å². The average Bonchev–Trinajstić information content (AvgIpc) is 2.52. The van der Waals surface area contributed by atoms with Gasteiger partial charge < -0.3 is 21.5 Å². The molecule has 1 saturated heterocycles. The van der Waals surface area contributed by atoms with Crippen molar-refractivity contribution in [2.24, 2.45) is 0 Å². The third kappa shape index (κ3) is 3.86. The number of phenols is 1. The minimum atomic E-state index is -4.38. The molecule has 1 aliphatic heterocycles. The summed E-state index contributed by atoms with van der Waals surface area (Å²) in [6.07, 6.45) is 0. The number of phenolic OH excluding ortho intramolecular Hbond substituents is 1. The third-order valence-electron chi connectivity index (χ3n) is 3.26. The molecule has 0 spiro atoms. The first-order valence-corrected chi connectivity index (χ1v) is 8.24. The van der Waals surface area contributed by atoms with Gasteiger partial charge in [0.2, 0.25) is 0 Å². The zero-order chi connectivity index (χ0) is 16.2. The molecule has 2 aromatic rings. The van der Waals surface area contributed by atoms with Crippen molar-refractivity contribution in [2.45, 2.75) is 4.90 Å². The molecule has 7 nitrogen and oxygen atoms in total. The van der Waals surface area contributed by atoms with E-state index in [1.807, 2.05) is 0 Å². The van der Waals surface area contributed by atoms with Gasteiger partial charge >= 0.3 is 0 Å². The number of fused-ring (bicyclic) bond motifs is 1. The Hall–Kier alpha value is -1.87. The number of benzene rings is 2. The Bertz CT molecular complexity index is 747. The number of nitrogens with two attached hydrogens (primary N) is 1. The Morgan fingerprint density at radius 3 is 1.95 bits per heavy atom. The molecule has 0 unspecified atom stereocenters. The lowest BCUT2D eigenvalue weighted by Gasteiger charge is -2.11. The maximum Gasteiger partial charge on any atom is 0.295 e. The Balaban J connectivity index is 0.000000246. The van der Waals surface area contributed by atoms with Gasteiger partial charge in [-0.3, -0.25) is 4.55 Å². The number of nitrogen functional groups attached to an aromatic ring is 1. The molecule has 1 fully saturated rings. The summed E-state index contributed by atoms with van der Waals surface area (Å²) in [4.78, 5) is -0.352. The standard InChI is InChI=1S/C10H9NO4S.C4H10N2/c11-10-7-4-2-1-3-6(7)9(5-8(10)12)16(13,14)15;1-2-6-4-3-5-1/h1-5,12H,11H2,(H,13,14,15);5-6H,1-4H2. The second-order valence-corrected chi connectivity index (χ2v) is 6.22. The summed E-state index contributed by atoms with van der Waals surface area (Å²) < 4.78 is 31.3. The van der Waals surface area contributed by atoms with Crippen LogP contribution in [0.2, 0.25) is 0 Å². The van der Waals surface area contributed by atoms with Crippen LogP contribution in [0.5, 0.6) is 5.75 Å². The zero-order valence-electron chi connectivity index (χ0n) is 11.9. The fourth-order valence-corrected chi connectivity index (χ4v) is 2.88. The highest BCUT2D eigenvalue weighted by Gasteiger charge is 2.17. The van der Waals surface area contributed by atoms with Crippen molar-refractivity contribution in [1.29, 1.82) is 0 Å². The molecule has 1 heterocycles. The largest absolute Gasteiger partial charge is 0.506 e. The molecule has 8 heteroatoms. The molecule has 1 aliphatic rings. The van der Waals surface area contributed by atoms with E-state index in [-0.39, 0.29) is 21.7 Å². The third-order valence-corrected chi connectivity index (χ3v) is 4.16. The number of aromatic hydroxyl groups is 1. The monoisotopic (exact) mass is 325 g/mol. The highest BCUT2D eigenvalue weighted by atomic mass is 32.2. The van der Waals surface area contributed by atoms with Gasteiger partial charge in [-0.1, -0.05) is 24.3 Å². The second-order valence-electron chi connectivity index (χ2n) is 4.83. The zero-order valence-corrected chi connectivity index (χ0v) is 12.7. The highest BCUT2D eigenvalue weighted by molar-refractivity contribution is 7.86. The van der Waals surface area contributed by atoms with Crippen molar-refractivity contribution >= 4 is 26.6 Å². The predicted octanol–water partition coefficient (Wildman–Crippen LogP) is 0.554. The van der Waals surface area contributed by atoms with Crippen LogP contribution in [-0.4, -0.2) is 44.3 Å². The van der Waals surface area contributed by atoms with Crippen molar-refractivity contribution in [3.8, 4) is 5.75 Å². The van der Waals surface area contributed by atoms with Crippen LogP contribution in [-0.2, 0) is 10.1 Å². The normalized spacial score (nSPS) is 15.1. The first kappa shape index (κ1) is 16.5. The Kier molecular flexibility index (Phi) is 5.19. The number of hydrogen-bond acceptors (Lipinski definition) is 6. The van der Waals surface area contributed by atoms with Crippen LogP contribution in [0.15, 0.2) is 35.2 Å². The van der Waals surface area contributed by atoms with E-state index < -0.39 is 10.1 Å². The summed E-state index contributed by atoms with van der Waals surface area (Å²) in [6.45, 7) is 4.56. The maximum atomic E-state index is 11.1. The molecule has 0 aromatic heterocycles. The molecule has 3 rings (SSSR count). The van der Waals surface area contributed by atoms with Crippen LogP contribution >= 0.6 is 0 Å². The van der Waals surface area contributed by atoms with Gasteiger partial charge in [0.1, 0.15) is 10.6 Å². The van der Waals surface area contributed by atoms with Gasteiger partial charge in [0.05, 0.1) is 5.69 Å². The minimum absolute atomic E-state index is 0.0861. The van der Waals surface area contributed by atoms with E-state index in [9.17, 15) is 13.5 Å². The van der Waals surface area contributed by atoms with Crippen molar-refractivity contribution < 1.29 is 18.1 Å². The Labute approximate surface area is 128 Å². The fraction of sp³-hybridized carbons (Fsp3) is 0.286. The van der Waals surface area contributed by atoms with E-state index in [1.165, 1.54) is 6.07 Å². The summed E-state index contributed by atoms with van der Waals surface area (Å²) in [6, 6.07) is 7.29. The van der Waals surface area contributed by atoms with Crippen LogP contribution in [0, 0.1) is 0 Å². The summed E-state index contributed by atoms with van der Waals surface area (Å²) >= 11 is 0. The summed E-state index contributed by atoms with van der Waals surface area (Å²) in [7, 11) is -4.38. The Morgan fingerprint density at radius 1 is 1.00 bits per heavy atom. The summed E-state index contributed by atoms with van der Waals surface area (Å²) in [5.74, 6) is -0.369. The van der Waals surface area contributed by atoms with E-state index >= 15 is 0 Å². The molecular weight excluding hydrogens is 306 g/mol. The van der Waals surface area contributed by atoms with Gasteiger partial charge in [-0.15, -0.1) is 0 Å². The molecule has 0 bridgehead atoms. The van der Waals surface area contributed by atoms with E-state index in [2.05, 4.69) is 10.6 Å². The number of anilines is 1. The second kappa shape index (κ2) is 6.93. The van der Waals surface area contributed by atoms with E-state index in [0.717, 1.165) is 32.2 Å². The molecule has 0 atom stereocenters. The van der Waals surface area contributed by atoms with E-state index in [4.69, 9.17) is 10.3 Å². The molecule has 120 valence electrons. The van der Waals surface area contributed by atoms with Crippen molar-refractivity contribution in [3.63, 3.8) is 0 Å². The van der Waals surface area contributed by atoms with Crippen molar-refractivity contribution in [3.05, 3.63) is 30.3 Å². The molecule has 0 saturated carbocycles. The molecule has 6 N–H and O–H groups in total. The quantitative estimate of drug-likeness (QED) is 0.295. The van der Waals surface area contributed by atoms with Gasteiger partial charge in [0, 0.05) is 43.0 Å².